The first-order valence-corrected chi connectivity index (χ1v) is 9.21. The third kappa shape index (κ3) is 3.21. The molecule has 1 unspecified atom stereocenters. The van der Waals surface area contributed by atoms with Crippen LogP contribution in [-0.2, 0) is 24.2 Å². The number of carbonyl (C=O) groups excluding carboxylic acids is 1. The van der Waals surface area contributed by atoms with Gasteiger partial charge in [-0.15, -0.1) is 0 Å². The minimum atomic E-state index is -0.263. The number of rotatable bonds is 3. The summed E-state index contributed by atoms with van der Waals surface area (Å²) in [6.45, 7) is 3.19. The van der Waals surface area contributed by atoms with Crippen molar-refractivity contribution in [2.45, 2.75) is 26.3 Å². The minimum absolute atomic E-state index is 0.108. The van der Waals surface area contributed by atoms with Gasteiger partial charge < -0.3 is 9.88 Å². The highest BCUT2D eigenvalue weighted by molar-refractivity contribution is 6.31. The largest absolute Gasteiger partial charge is 0.358 e. The predicted molar refractivity (Wildman–Crippen MR) is 102 cm³/mol. The Labute approximate surface area is 156 Å². The Morgan fingerprint density at radius 3 is 2.96 bits per heavy atom. The van der Waals surface area contributed by atoms with Crippen molar-refractivity contribution in [2.24, 2.45) is 5.92 Å². The van der Waals surface area contributed by atoms with Crippen molar-refractivity contribution < 1.29 is 9.18 Å². The van der Waals surface area contributed by atoms with Gasteiger partial charge in [-0.25, -0.2) is 4.39 Å². The molecule has 0 spiro atoms. The predicted octanol–water partition coefficient (Wildman–Crippen LogP) is 4.72. The number of benzene rings is 2. The standard InChI is InChI=1S/C21H20ClFN2O/c1-13(9-14-3-2-4-16(23)10-14)21(26)25-8-7-20-18(12-25)17-11-15(22)5-6-19(17)24-20/h2-6,10-11,13,24H,7-9,12H2,1H3. The quantitative estimate of drug-likeness (QED) is 0.711. The SMILES string of the molecule is CC(Cc1cccc(F)c1)C(=O)N1CCc2[nH]c3ccc(Cl)cc3c2C1. The molecule has 1 N–H and O–H groups in total. The molecule has 0 aliphatic carbocycles. The van der Waals surface area contributed by atoms with Crippen LogP contribution < -0.4 is 0 Å². The van der Waals surface area contributed by atoms with Gasteiger partial charge in [0.15, 0.2) is 0 Å². The van der Waals surface area contributed by atoms with E-state index in [1.807, 2.05) is 36.1 Å². The molecular formula is C21H20ClFN2O. The number of halogens is 2. The number of aromatic amines is 1. The lowest BCUT2D eigenvalue weighted by Crippen LogP contribution is -2.39. The van der Waals surface area contributed by atoms with Crippen LogP contribution in [0.2, 0.25) is 5.02 Å². The summed E-state index contributed by atoms with van der Waals surface area (Å²) < 4.78 is 13.4. The highest BCUT2D eigenvalue weighted by atomic mass is 35.5. The molecule has 0 radical (unpaired) electrons. The molecule has 26 heavy (non-hydrogen) atoms. The number of nitrogens with one attached hydrogen (secondary N) is 1. The van der Waals surface area contributed by atoms with Gasteiger partial charge in [-0.3, -0.25) is 4.79 Å². The van der Waals surface area contributed by atoms with Crippen LogP contribution in [0.4, 0.5) is 4.39 Å². The topological polar surface area (TPSA) is 36.1 Å². The molecule has 1 atom stereocenters. The van der Waals surface area contributed by atoms with Gasteiger partial charge in [-0.05, 0) is 42.3 Å². The summed E-state index contributed by atoms with van der Waals surface area (Å²) >= 11 is 6.15. The van der Waals surface area contributed by atoms with Crippen molar-refractivity contribution in [3.05, 3.63) is 70.1 Å². The first-order chi connectivity index (χ1) is 12.5. The molecule has 3 aromatic rings. The molecule has 3 nitrogen and oxygen atoms in total. The van der Waals surface area contributed by atoms with Crippen LogP contribution in [0.3, 0.4) is 0 Å². The van der Waals surface area contributed by atoms with Crippen LogP contribution in [0, 0.1) is 11.7 Å². The van der Waals surface area contributed by atoms with E-state index < -0.39 is 0 Å². The Bertz CT molecular complexity index is 981. The number of H-pyrrole nitrogens is 1. The average Bonchev–Trinajstić information content (AvgIpc) is 2.98. The lowest BCUT2D eigenvalue weighted by Gasteiger charge is -2.29. The summed E-state index contributed by atoms with van der Waals surface area (Å²) in [6.07, 6.45) is 1.35. The van der Waals surface area contributed by atoms with Gasteiger partial charge in [-0.1, -0.05) is 30.7 Å². The number of carbonyl (C=O) groups is 1. The van der Waals surface area contributed by atoms with Crippen LogP contribution in [-0.4, -0.2) is 22.3 Å². The normalized spacial score (nSPS) is 15.1. The van der Waals surface area contributed by atoms with Crippen molar-refractivity contribution in [2.75, 3.05) is 6.54 Å². The van der Waals surface area contributed by atoms with E-state index in [1.165, 1.54) is 17.8 Å². The zero-order valence-corrected chi connectivity index (χ0v) is 15.3. The summed E-state index contributed by atoms with van der Waals surface area (Å²) in [4.78, 5) is 18.3. The molecule has 5 heteroatoms. The number of hydrogen-bond donors (Lipinski definition) is 1. The average molecular weight is 371 g/mol. The summed E-state index contributed by atoms with van der Waals surface area (Å²) in [5.74, 6) is -0.344. The fraction of sp³-hybridized carbons (Fsp3) is 0.286. The lowest BCUT2D eigenvalue weighted by atomic mass is 9.97. The van der Waals surface area contributed by atoms with Crippen LogP contribution in [0.5, 0.6) is 0 Å². The fourth-order valence-electron chi connectivity index (χ4n) is 3.79. The van der Waals surface area contributed by atoms with Gasteiger partial charge in [0.05, 0.1) is 0 Å². The minimum Gasteiger partial charge on any atom is -0.358 e. The molecule has 0 saturated heterocycles. The van der Waals surface area contributed by atoms with Crippen molar-refractivity contribution in [1.82, 2.24) is 9.88 Å². The molecule has 2 heterocycles. The highest BCUT2D eigenvalue weighted by Gasteiger charge is 2.27. The van der Waals surface area contributed by atoms with E-state index in [2.05, 4.69) is 4.98 Å². The van der Waals surface area contributed by atoms with Gasteiger partial charge in [0.25, 0.3) is 0 Å². The summed E-state index contributed by atoms with van der Waals surface area (Å²) in [5, 5.41) is 1.78. The Kier molecular flexibility index (Phi) is 4.45. The number of aromatic nitrogens is 1. The van der Waals surface area contributed by atoms with E-state index in [-0.39, 0.29) is 17.6 Å². The van der Waals surface area contributed by atoms with Crippen molar-refractivity contribution in [1.29, 1.82) is 0 Å². The molecule has 1 aliphatic rings. The summed E-state index contributed by atoms with van der Waals surface area (Å²) in [5.41, 5.74) is 4.24. The molecule has 0 saturated carbocycles. The molecule has 1 amide bonds. The van der Waals surface area contributed by atoms with Crippen LogP contribution >= 0.6 is 11.6 Å². The molecule has 1 aromatic heterocycles. The van der Waals surface area contributed by atoms with E-state index in [0.717, 1.165) is 28.5 Å². The number of hydrogen-bond acceptors (Lipinski definition) is 1. The second-order valence-corrected chi connectivity index (χ2v) is 7.45. The van der Waals surface area contributed by atoms with E-state index in [1.54, 1.807) is 6.07 Å². The van der Waals surface area contributed by atoms with E-state index in [4.69, 9.17) is 11.6 Å². The number of nitrogens with zero attached hydrogens (tertiary/aromatic N) is 1. The van der Waals surface area contributed by atoms with Crippen molar-refractivity contribution in [3.8, 4) is 0 Å². The highest BCUT2D eigenvalue weighted by Crippen LogP contribution is 2.30. The van der Waals surface area contributed by atoms with Gasteiger partial charge in [0.2, 0.25) is 5.91 Å². The molecule has 1 aliphatic heterocycles. The molecule has 134 valence electrons. The third-order valence-corrected chi connectivity index (χ3v) is 5.34. The van der Waals surface area contributed by atoms with Crippen molar-refractivity contribution in [3.63, 3.8) is 0 Å². The van der Waals surface area contributed by atoms with Crippen LogP contribution in [0.1, 0.15) is 23.7 Å². The Morgan fingerprint density at radius 1 is 1.31 bits per heavy atom. The molecule has 2 aromatic carbocycles. The molecule has 0 fully saturated rings. The summed E-state index contributed by atoms with van der Waals surface area (Å²) in [7, 11) is 0. The zero-order chi connectivity index (χ0) is 18.3. The number of amides is 1. The zero-order valence-electron chi connectivity index (χ0n) is 14.6. The number of fused-ring (bicyclic) bond motifs is 3. The monoisotopic (exact) mass is 370 g/mol. The van der Waals surface area contributed by atoms with Gasteiger partial charge in [0, 0.05) is 52.6 Å². The second kappa shape index (κ2) is 6.76. The van der Waals surface area contributed by atoms with Crippen LogP contribution in [0.25, 0.3) is 10.9 Å². The lowest BCUT2D eigenvalue weighted by molar-refractivity contribution is -0.135. The Balaban J connectivity index is 1.53. The third-order valence-electron chi connectivity index (χ3n) is 5.10. The van der Waals surface area contributed by atoms with Crippen LogP contribution in [0.15, 0.2) is 42.5 Å². The maximum Gasteiger partial charge on any atom is 0.226 e. The van der Waals surface area contributed by atoms with E-state index in [0.29, 0.717) is 24.5 Å². The van der Waals surface area contributed by atoms with Gasteiger partial charge in [-0.2, -0.15) is 0 Å². The molecule has 0 bridgehead atoms. The Hall–Kier alpha value is -2.33. The van der Waals surface area contributed by atoms with E-state index >= 15 is 0 Å². The van der Waals surface area contributed by atoms with Gasteiger partial charge >= 0.3 is 0 Å². The smallest absolute Gasteiger partial charge is 0.226 e. The Morgan fingerprint density at radius 2 is 2.15 bits per heavy atom. The van der Waals surface area contributed by atoms with Crippen molar-refractivity contribution >= 4 is 28.4 Å². The first kappa shape index (κ1) is 17.1. The van der Waals surface area contributed by atoms with E-state index in [9.17, 15) is 9.18 Å². The first-order valence-electron chi connectivity index (χ1n) is 8.83. The second-order valence-electron chi connectivity index (χ2n) is 7.02. The maximum atomic E-state index is 13.4. The summed E-state index contributed by atoms with van der Waals surface area (Å²) in [6, 6.07) is 12.3. The maximum absolute atomic E-state index is 13.4. The fourth-order valence-corrected chi connectivity index (χ4v) is 3.96. The molecule has 4 rings (SSSR count). The molecular weight excluding hydrogens is 351 g/mol. The van der Waals surface area contributed by atoms with Gasteiger partial charge in [0.1, 0.15) is 5.82 Å².